The molecule has 33 heteroatoms. The zero-order chi connectivity index (χ0) is 87.2. The van der Waals surface area contributed by atoms with Crippen molar-refractivity contribution in [2.45, 2.75) is 82.1 Å². The van der Waals surface area contributed by atoms with E-state index in [1.807, 2.05) is 57.2 Å². The molecule has 9 saturated heterocycles. The van der Waals surface area contributed by atoms with E-state index in [0.717, 1.165) is 135 Å². The van der Waals surface area contributed by atoms with Gasteiger partial charge in [0.15, 0.2) is 17.5 Å². The Balaban J connectivity index is 0.000000139. The third kappa shape index (κ3) is 20.9. The summed E-state index contributed by atoms with van der Waals surface area (Å²) in [6.07, 6.45) is 5.55. The van der Waals surface area contributed by atoms with E-state index in [2.05, 4.69) is 166 Å². The molecule has 6 atom stereocenters. The van der Waals surface area contributed by atoms with E-state index in [1.165, 1.54) is 17.1 Å². The van der Waals surface area contributed by atoms with Gasteiger partial charge in [0, 0.05) is 185 Å². The average Bonchev–Trinajstić information content (AvgIpc) is 1.67. The van der Waals surface area contributed by atoms with Gasteiger partial charge in [-0.1, -0.05) is 6.92 Å². The quantitative estimate of drug-likeness (QED) is 0.0336. The summed E-state index contributed by atoms with van der Waals surface area (Å²) in [5.41, 5.74) is 9.59. The maximum absolute atomic E-state index is 12.0. The van der Waals surface area contributed by atoms with Crippen molar-refractivity contribution in [3.8, 4) is 69.6 Å². The van der Waals surface area contributed by atoms with E-state index >= 15 is 0 Å². The molecule has 12 heterocycles. The number of aliphatic hydroxyl groups excluding tert-OH is 3. The molecule has 9 aliphatic rings. The highest BCUT2D eigenvalue weighted by molar-refractivity contribution is 5.79. The Labute approximate surface area is 732 Å². The Morgan fingerprint density at radius 1 is 0.405 bits per heavy atom. The topological polar surface area (TPSA) is 381 Å². The van der Waals surface area contributed by atoms with Crippen LogP contribution in [0.15, 0.2) is 164 Å². The zero-order valence-corrected chi connectivity index (χ0v) is 70.9. The maximum Gasteiger partial charge on any atom is 0.248 e. The van der Waals surface area contributed by atoms with Crippen molar-refractivity contribution in [1.82, 2.24) is 59.3 Å². The number of hydrogen-bond acceptors (Lipinski definition) is 30. The molecule has 0 spiro atoms. The number of carbonyl (C=O) groups is 3. The Kier molecular flexibility index (Phi) is 27.9. The van der Waals surface area contributed by atoms with Crippen molar-refractivity contribution in [3.05, 3.63) is 181 Å². The average molecular weight is 1710 g/mol. The first-order valence-corrected chi connectivity index (χ1v) is 43.1. The number of hydrogen-bond donors (Lipinski definition) is 6. The molecule has 1 unspecified atom stereocenters. The lowest BCUT2D eigenvalue weighted by atomic mass is 10.1. The molecule has 33 nitrogen and oxygen atoms in total. The number of carbonyl (C=O) groups excluding carboxylic acids is 3. The SMILES string of the molecule is C[C@@H]1C[C@@H](Oc2ccc(-c3nccc(Nc4ccc(N5CCN(C6COC6)CC5)cc4)n3)cc2C#N)CN1C(=O)CO.C[C@H]1CN(C(=O)CO)CC1Oc1ccc(-c2nccc(Nc3ccc(N4CCN(C5COC5)CC4)cc3)n2)cc1C#N.C[C@H]1C[C@@H](Oc2ccc(-c3nccc(Nc4ccc(N5CCN(C6COC6)CC5)cc4)n3)cc2C#N)CN1C(=O)CO. The number of ether oxygens (including phenoxy) is 6. The summed E-state index contributed by atoms with van der Waals surface area (Å²) in [6.45, 7) is 23.5. The van der Waals surface area contributed by atoms with Gasteiger partial charge in [0.25, 0.3) is 0 Å². The molecule has 0 bridgehead atoms. The second kappa shape index (κ2) is 40.5. The third-order valence-electron chi connectivity index (χ3n) is 24.8. The van der Waals surface area contributed by atoms with Crippen LogP contribution in [0.5, 0.6) is 17.2 Å². The highest BCUT2D eigenvalue weighted by Crippen LogP contribution is 2.36. The number of aromatic nitrogens is 6. The van der Waals surface area contributed by atoms with Gasteiger partial charge in [-0.3, -0.25) is 29.1 Å². The molecule has 6 N–H and O–H groups in total. The van der Waals surface area contributed by atoms with Crippen LogP contribution in [-0.2, 0) is 28.6 Å². The monoisotopic (exact) mass is 1710 g/mol. The van der Waals surface area contributed by atoms with E-state index in [1.54, 1.807) is 69.7 Å². The number of anilines is 9. The van der Waals surface area contributed by atoms with E-state index in [4.69, 9.17) is 28.4 Å². The van der Waals surface area contributed by atoms with Gasteiger partial charge >= 0.3 is 0 Å². The molecule has 6 aromatic carbocycles. The minimum absolute atomic E-state index is 0.0393. The van der Waals surface area contributed by atoms with Gasteiger partial charge in [-0.2, -0.15) is 15.8 Å². The second-order valence-electron chi connectivity index (χ2n) is 33.1. The largest absolute Gasteiger partial charge is 0.487 e. The van der Waals surface area contributed by atoms with Crippen LogP contribution in [0.4, 0.5) is 51.6 Å². The second-order valence-corrected chi connectivity index (χ2v) is 33.1. The van der Waals surface area contributed by atoms with Crippen LogP contribution in [0.25, 0.3) is 34.2 Å². The minimum atomic E-state index is -0.525. The fraction of sp³-hybridized carbons (Fsp3) is 0.419. The highest BCUT2D eigenvalue weighted by atomic mass is 16.5. The van der Waals surface area contributed by atoms with Crippen LogP contribution < -0.4 is 44.9 Å². The number of piperazine rings is 3. The summed E-state index contributed by atoms with van der Waals surface area (Å²) in [5.74, 6) is 3.88. The van der Waals surface area contributed by atoms with Gasteiger partial charge in [0.2, 0.25) is 17.7 Å². The van der Waals surface area contributed by atoms with Gasteiger partial charge in [0.1, 0.15) is 91.0 Å². The molecule has 654 valence electrons. The van der Waals surface area contributed by atoms with Gasteiger partial charge in [0.05, 0.1) is 94.1 Å². The molecule has 3 aromatic heterocycles. The predicted molar refractivity (Wildman–Crippen MR) is 473 cm³/mol. The summed E-state index contributed by atoms with van der Waals surface area (Å²) in [5, 5.41) is 67.1. The summed E-state index contributed by atoms with van der Waals surface area (Å²) in [6, 6.07) is 54.8. The van der Waals surface area contributed by atoms with Crippen LogP contribution >= 0.6 is 0 Å². The van der Waals surface area contributed by atoms with Crippen molar-refractivity contribution in [2.24, 2.45) is 5.92 Å². The number of rotatable bonds is 24. The first-order valence-electron chi connectivity index (χ1n) is 43.1. The lowest BCUT2D eigenvalue weighted by Crippen LogP contribution is -2.56. The molecular weight excluding hydrogens is 1600 g/mol. The van der Waals surface area contributed by atoms with E-state index in [0.29, 0.717) is 143 Å². The molecule has 18 rings (SSSR count). The van der Waals surface area contributed by atoms with Crippen molar-refractivity contribution in [1.29, 1.82) is 15.8 Å². The number of nitriles is 3. The standard InChI is InChI=1S/3C31H35N7O4/c1-21-16-38(30(40)18-39)17-28(21)42-27-7-2-22(14-23(27)15-32)31-33-9-8-29(35-31)34-24-3-5-25(6-4-24)36-10-12-37(13-11-36)26-19-41-20-26;2*1-21-14-27(17-38(21)30(40)18-39)42-28-7-2-22(15-23(28)16-32)31-33-9-8-29(35-31)34-24-3-5-25(6-4-24)36-10-12-37(13-11-36)26-19-41-20-26/h2-9,14,21,26,28,39H,10-13,16-20H2,1H3,(H,33,34,35);2*2-9,15,21,26-27,39H,10-14,17-20H2,1H3,(H,33,34,35)/t21-,28?;21-,27+;21-,27-/m001/s1. The molecule has 126 heavy (non-hydrogen) atoms. The van der Waals surface area contributed by atoms with Gasteiger partial charge < -0.3 is 89.1 Å². The molecular formula is C93H105N21O12. The van der Waals surface area contributed by atoms with E-state index < -0.39 is 19.8 Å². The minimum Gasteiger partial charge on any atom is -0.487 e. The molecule has 9 fully saturated rings. The van der Waals surface area contributed by atoms with Gasteiger partial charge in [-0.15, -0.1) is 0 Å². The Bertz CT molecular complexity index is 5170. The lowest BCUT2D eigenvalue weighted by molar-refractivity contribution is -0.135. The number of amides is 3. The first-order chi connectivity index (χ1) is 61.5. The highest BCUT2D eigenvalue weighted by Gasteiger charge is 2.39. The predicted octanol–water partition coefficient (Wildman–Crippen LogP) is 7.78. The van der Waals surface area contributed by atoms with Crippen LogP contribution in [0.2, 0.25) is 0 Å². The summed E-state index contributed by atoms with van der Waals surface area (Å²) >= 11 is 0. The van der Waals surface area contributed by atoms with Gasteiger partial charge in [-0.25, -0.2) is 29.9 Å². The maximum atomic E-state index is 12.0. The molecule has 0 radical (unpaired) electrons. The van der Waals surface area contributed by atoms with Crippen molar-refractivity contribution >= 4 is 69.3 Å². The molecule has 0 saturated carbocycles. The number of aliphatic hydroxyl groups is 3. The number of likely N-dealkylation sites (tertiary alicyclic amines) is 3. The van der Waals surface area contributed by atoms with Crippen molar-refractivity contribution in [3.63, 3.8) is 0 Å². The Hall–Kier alpha value is -12.7. The van der Waals surface area contributed by atoms with Crippen LogP contribution in [0, 0.1) is 39.9 Å². The summed E-state index contributed by atoms with van der Waals surface area (Å²) < 4.78 is 34.4. The van der Waals surface area contributed by atoms with E-state index in [-0.39, 0.29) is 54.0 Å². The Morgan fingerprint density at radius 3 is 1.02 bits per heavy atom. The van der Waals surface area contributed by atoms with Crippen LogP contribution in [0.1, 0.15) is 50.3 Å². The number of benzene rings is 6. The fourth-order valence-corrected chi connectivity index (χ4v) is 17.3. The smallest absolute Gasteiger partial charge is 0.248 e. The van der Waals surface area contributed by atoms with Crippen LogP contribution in [-0.4, -0.2) is 305 Å². The zero-order valence-electron chi connectivity index (χ0n) is 70.9. The normalized spacial score (nSPS) is 21.1. The van der Waals surface area contributed by atoms with Crippen molar-refractivity contribution < 1.29 is 58.1 Å². The number of nitrogens with zero attached hydrogens (tertiary/aromatic N) is 18. The molecule has 9 aliphatic heterocycles. The Morgan fingerprint density at radius 2 is 0.722 bits per heavy atom. The molecule has 9 aromatic rings. The fourth-order valence-electron chi connectivity index (χ4n) is 17.3. The van der Waals surface area contributed by atoms with E-state index in [9.17, 15) is 45.5 Å². The summed E-state index contributed by atoms with van der Waals surface area (Å²) in [7, 11) is 0. The molecule has 3 amide bonds. The van der Waals surface area contributed by atoms with Crippen molar-refractivity contribution in [2.75, 3.05) is 195 Å². The summed E-state index contributed by atoms with van der Waals surface area (Å²) in [4.78, 5) is 82.7. The third-order valence-corrected chi connectivity index (χ3v) is 24.8. The first kappa shape index (κ1) is 86.8. The van der Waals surface area contributed by atoms with Gasteiger partial charge in [-0.05, 0) is 159 Å². The van der Waals surface area contributed by atoms with Crippen LogP contribution in [0.3, 0.4) is 0 Å². The lowest BCUT2D eigenvalue weighted by Gasteiger charge is -2.43. The molecule has 0 aliphatic carbocycles. The number of nitrogens with one attached hydrogen (secondary N) is 3.